The minimum atomic E-state index is -0.719. The summed E-state index contributed by atoms with van der Waals surface area (Å²) in [6.45, 7) is 1.99. The summed E-state index contributed by atoms with van der Waals surface area (Å²) in [7, 11) is 0. The van der Waals surface area contributed by atoms with Crippen molar-refractivity contribution >= 4 is 34.5 Å². The van der Waals surface area contributed by atoms with Crippen molar-refractivity contribution in [3.05, 3.63) is 118 Å². The molecule has 0 saturated carbocycles. The van der Waals surface area contributed by atoms with Crippen molar-refractivity contribution < 1.29 is 19.4 Å². The van der Waals surface area contributed by atoms with Gasteiger partial charge in [0.15, 0.2) is 0 Å². The van der Waals surface area contributed by atoms with E-state index >= 15 is 0 Å². The van der Waals surface area contributed by atoms with Crippen molar-refractivity contribution in [1.29, 1.82) is 0 Å². The number of ether oxygens (including phenoxy) is 1. The number of aliphatic hydroxyl groups excluding tert-OH is 1. The maximum absolute atomic E-state index is 13.2. The fourth-order valence-corrected chi connectivity index (χ4v) is 4.88. The van der Waals surface area contributed by atoms with Gasteiger partial charge in [0.2, 0.25) is 0 Å². The van der Waals surface area contributed by atoms with Gasteiger partial charge in [0, 0.05) is 16.1 Å². The molecule has 34 heavy (non-hydrogen) atoms. The Hall–Kier alpha value is -4.16. The van der Waals surface area contributed by atoms with Gasteiger partial charge in [-0.1, -0.05) is 48.5 Å². The number of carbonyl (C=O) groups excluding carboxylic acids is 2. The van der Waals surface area contributed by atoms with Crippen LogP contribution in [0, 0.1) is 6.92 Å². The largest absolute Gasteiger partial charge is 0.507 e. The highest BCUT2D eigenvalue weighted by molar-refractivity contribution is 7.10. The molecule has 5 rings (SSSR count). The number of benzene rings is 3. The van der Waals surface area contributed by atoms with Gasteiger partial charge in [-0.2, -0.15) is 0 Å². The van der Waals surface area contributed by atoms with Crippen molar-refractivity contribution in [2.75, 3.05) is 4.90 Å². The molecule has 5 nitrogen and oxygen atoms in total. The zero-order valence-corrected chi connectivity index (χ0v) is 19.2. The van der Waals surface area contributed by atoms with Gasteiger partial charge < -0.3 is 9.84 Å². The summed E-state index contributed by atoms with van der Waals surface area (Å²) in [5.41, 5.74) is 2.21. The van der Waals surface area contributed by atoms with Gasteiger partial charge >= 0.3 is 0 Å². The van der Waals surface area contributed by atoms with Gasteiger partial charge in [-0.3, -0.25) is 14.5 Å². The van der Waals surface area contributed by atoms with Crippen molar-refractivity contribution in [3.8, 4) is 11.5 Å². The smallest absolute Gasteiger partial charge is 0.300 e. The number of aliphatic hydroxyl groups is 1. The molecule has 3 aromatic carbocycles. The summed E-state index contributed by atoms with van der Waals surface area (Å²) in [4.78, 5) is 28.5. The first kappa shape index (κ1) is 21.7. The quantitative estimate of drug-likeness (QED) is 0.207. The molecule has 1 aromatic heterocycles. The van der Waals surface area contributed by atoms with E-state index in [9.17, 15) is 14.7 Å². The molecule has 1 aliphatic heterocycles. The summed E-state index contributed by atoms with van der Waals surface area (Å²) in [6.07, 6.45) is 0. The van der Waals surface area contributed by atoms with E-state index in [1.54, 1.807) is 48.5 Å². The van der Waals surface area contributed by atoms with Crippen LogP contribution in [0.25, 0.3) is 5.76 Å². The molecule has 0 radical (unpaired) electrons. The molecule has 1 fully saturated rings. The highest BCUT2D eigenvalue weighted by atomic mass is 32.1. The molecule has 168 valence electrons. The third-order valence-corrected chi connectivity index (χ3v) is 6.57. The lowest BCUT2D eigenvalue weighted by molar-refractivity contribution is -0.132. The maximum atomic E-state index is 13.2. The molecular weight excluding hydrogens is 446 g/mol. The Morgan fingerprint density at radius 1 is 0.882 bits per heavy atom. The Morgan fingerprint density at radius 3 is 2.32 bits per heavy atom. The lowest BCUT2D eigenvalue weighted by Crippen LogP contribution is -2.29. The number of anilines is 1. The van der Waals surface area contributed by atoms with Gasteiger partial charge in [0.05, 0.1) is 5.57 Å². The molecule has 6 heteroatoms. The van der Waals surface area contributed by atoms with Gasteiger partial charge in [-0.15, -0.1) is 11.3 Å². The standard InChI is InChI=1S/C28H21NO4S/c1-18-7-5-10-22(17-18)33-21-14-12-20(13-15-21)29-25(23-11-6-16-34-23)24(27(31)28(29)32)26(30)19-8-3-2-4-9-19/h2-17,25,30H,1H3/b26-24-. The van der Waals surface area contributed by atoms with Crippen LogP contribution in [-0.2, 0) is 9.59 Å². The van der Waals surface area contributed by atoms with Crippen LogP contribution in [0.5, 0.6) is 11.5 Å². The molecule has 1 unspecified atom stereocenters. The van der Waals surface area contributed by atoms with Gasteiger partial charge in [-0.05, 0) is 60.3 Å². The topological polar surface area (TPSA) is 66.8 Å². The van der Waals surface area contributed by atoms with Crippen LogP contribution < -0.4 is 9.64 Å². The summed E-state index contributed by atoms with van der Waals surface area (Å²) in [6, 6.07) is 26.6. The summed E-state index contributed by atoms with van der Waals surface area (Å²) in [5, 5.41) is 12.9. The number of nitrogens with zero attached hydrogens (tertiary/aromatic N) is 1. The number of Topliss-reactive ketones (excluding diaryl/α,β-unsaturated/α-hetero) is 1. The van der Waals surface area contributed by atoms with E-state index in [0.29, 0.717) is 17.0 Å². The predicted octanol–water partition coefficient (Wildman–Crippen LogP) is 6.48. The van der Waals surface area contributed by atoms with Crippen molar-refractivity contribution in [2.24, 2.45) is 0 Å². The number of hydrogen-bond donors (Lipinski definition) is 1. The first-order chi connectivity index (χ1) is 16.5. The van der Waals surface area contributed by atoms with Crippen LogP contribution in [0.4, 0.5) is 5.69 Å². The molecule has 0 aliphatic carbocycles. The number of carbonyl (C=O) groups is 2. The lowest BCUT2D eigenvalue weighted by atomic mass is 10.00. The second kappa shape index (κ2) is 9.00. The Bertz CT molecular complexity index is 1380. The van der Waals surface area contributed by atoms with Gasteiger partial charge in [-0.25, -0.2) is 0 Å². The van der Waals surface area contributed by atoms with Gasteiger partial charge in [0.1, 0.15) is 23.3 Å². The number of aryl methyl sites for hydroxylation is 1. The van der Waals surface area contributed by atoms with Gasteiger partial charge in [0.25, 0.3) is 11.7 Å². The zero-order valence-electron chi connectivity index (χ0n) is 18.3. The second-order valence-corrected chi connectivity index (χ2v) is 8.94. The number of ketones is 1. The van der Waals surface area contributed by atoms with Crippen LogP contribution in [0.2, 0.25) is 0 Å². The molecule has 2 heterocycles. The van der Waals surface area contributed by atoms with Crippen LogP contribution in [-0.4, -0.2) is 16.8 Å². The van der Waals surface area contributed by atoms with E-state index in [1.807, 2.05) is 54.8 Å². The predicted molar refractivity (Wildman–Crippen MR) is 133 cm³/mol. The van der Waals surface area contributed by atoms with E-state index in [2.05, 4.69) is 0 Å². The highest BCUT2D eigenvalue weighted by Crippen LogP contribution is 2.43. The molecule has 1 atom stereocenters. The van der Waals surface area contributed by atoms with Crippen LogP contribution in [0.3, 0.4) is 0 Å². The molecule has 1 amide bonds. The Labute approximate surface area is 201 Å². The summed E-state index contributed by atoms with van der Waals surface area (Å²) < 4.78 is 5.92. The van der Waals surface area contributed by atoms with E-state index in [-0.39, 0.29) is 11.3 Å². The van der Waals surface area contributed by atoms with Crippen molar-refractivity contribution in [3.63, 3.8) is 0 Å². The molecule has 0 spiro atoms. The highest BCUT2D eigenvalue weighted by Gasteiger charge is 2.47. The van der Waals surface area contributed by atoms with E-state index < -0.39 is 17.7 Å². The van der Waals surface area contributed by atoms with Crippen molar-refractivity contribution in [1.82, 2.24) is 0 Å². The van der Waals surface area contributed by atoms with E-state index in [0.717, 1.165) is 16.2 Å². The molecule has 4 aromatic rings. The summed E-state index contributed by atoms with van der Waals surface area (Å²) >= 11 is 1.43. The van der Waals surface area contributed by atoms with E-state index in [1.165, 1.54) is 16.2 Å². The SMILES string of the molecule is Cc1cccc(Oc2ccc(N3C(=O)C(=O)/C(=C(\O)c4ccccc4)C3c3cccs3)cc2)c1. The minimum absolute atomic E-state index is 0.0822. The molecule has 0 bridgehead atoms. The monoisotopic (exact) mass is 467 g/mol. The molecular formula is C28H21NO4S. The zero-order chi connectivity index (χ0) is 23.7. The van der Waals surface area contributed by atoms with Crippen LogP contribution in [0.1, 0.15) is 22.0 Å². The van der Waals surface area contributed by atoms with Crippen LogP contribution in [0.15, 0.2) is 102 Å². The second-order valence-electron chi connectivity index (χ2n) is 7.96. The maximum Gasteiger partial charge on any atom is 0.300 e. The average molecular weight is 468 g/mol. The molecule has 1 aliphatic rings. The number of rotatable bonds is 5. The van der Waals surface area contributed by atoms with Crippen molar-refractivity contribution in [2.45, 2.75) is 13.0 Å². The first-order valence-electron chi connectivity index (χ1n) is 10.8. The summed E-state index contributed by atoms with van der Waals surface area (Å²) in [5.74, 6) is -0.236. The van der Waals surface area contributed by atoms with Crippen LogP contribution >= 0.6 is 11.3 Å². The fraction of sp³-hybridized carbons (Fsp3) is 0.0714. The Kier molecular flexibility index (Phi) is 5.74. The number of amides is 1. The lowest BCUT2D eigenvalue weighted by Gasteiger charge is -2.24. The fourth-order valence-electron chi connectivity index (χ4n) is 4.06. The number of hydrogen-bond acceptors (Lipinski definition) is 5. The Balaban J connectivity index is 1.54. The Morgan fingerprint density at radius 2 is 1.65 bits per heavy atom. The molecule has 1 N–H and O–H groups in total. The third kappa shape index (κ3) is 4.00. The minimum Gasteiger partial charge on any atom is -0.507 e. The first-order valence-corrected chi connectivity index (χ1v) is 11.7. The average Bonchev–Trinajstić information content (AvgIpc) is 3.47. The normalized spacial score (nSPS) is 17.2. The number of thiophene rings is 1. The molecule has 1 saturated heterocycles. The van der Waals surface area contributed by atoms with E-state index in [4.69, 9.17) is 4.74 Å². The third-order valence-electron chi connectivity index (χ3n) is 5.64.